The number of hydrogen-bond acceptors (Lipinski definition) is 4. The fourth-order valence-electron chi connectivity index (χ4n) is 8.28. The van der Waals surface area contributed by atoms with Gasteiger partial charge in [-0.25, -0.2) is 15.0 Å². The molecule has 0 radical (unpaired) electrons. The first-order valence-corrected chi connectivity index (χ1v) is 20.5. The molecule has 0 N–H and O–H groups in total. The van der Waals surface area contributed by atoms with Crippen molar-refractivity contribution in [1.82, 2.24) is 15.0 Å². The minimum absolute atomic E-state index is 0.660. The van der Waals surface area contributed by atoms with Gasteiger partial charge in [0.2, 0.25) is 0 Å². The Bertz CT molecular complexity index is 3210. The molecular weight excluding hydrogens is 743 g/mol. The zero-order valence-electron chi connectivity index (χ0n) is 33.1. The van der Waals surface area contributed by atoms with Crippen LogP contribution in [-0.2, 0) is 0 Å². The van der Waals surface area contributed by atoms with E-state index in [1.54, 1.807) is 0 Å². The van der Waals surface area contributed by atoms with Gasteiger partial charge in [-0.15, -0.1) is 0 Å². The Balaban J connectivity index is 1.10. The summed E-state index contributed by atoms with van der Waals surface area (Å²) in [6.07, 6.45) is 0. The minimum atomic E-state index is 0.660. The van der Waals surface area contributed by atoms with E-state index in [1.165, 1.54) is 11.1 Å². The van der Waals surface area contributed by atoms with Crippen LogP contribution in [0, 0.1) is 0 Å². The Kier molecular flexibility index (Phi) is 9.14. The normalized spacial score (nSPS) is 11.3. The van der Waals surface area contributed by atoms with Crippen molar-refractivity contribution in [3.8, 4) is 89.9 Å². The van der Waals surface area contributed by atoms with Gasteiger partial charge in [-0.05, 0) is 46.0 Å². The third-order valence-corrected chi connectivity index (χ3v) is 11.3. The van der Waals surface area contributed by atoms with E-state index in [-0.39, 0.29) is 0 Å². The van der Waals surface area contributed by atoms with E-state index in [9.17, 15) is 0 Å². The summed E-state index contributed by atoms with van der Waals surface area (Å²) in [5.41, 5.74) is 15.8. The fraction of sp³-hybridized carbons (Fsp3) is 0. The van der Waals surface area contributed by atoms with Crippen molar-refractivity contribution in [3.05, 3.63) is 224 Å². The quantitative estimate of drug-likeness (QED) is 0.154. The molecule has 0 saturated carbocycles. The highest BCUT2D eigenvalue weighted by molar-refractivity contribution is 6.18. The first kappa shape index (κ1) is 35.9. The van der Waals surface area contributed by atoms with Gasteiger partial charge in [0, 0.05) is 44.2 Å². The van der Waals surface area contributed by atoms with Gasteiger partial charge in [-0.1, -0.05) is 206 Å². The second-order valence-electron chi connectivity index (χ2n) is 15.1. The molecule has 8 aromatic carbocycles. The number of nitrogens with zero attached hydrogens (tertiary/aromatic N) is 3. The zero-order chi connectivity index (χ0) is 40.5. The smallest absolute Gasteiger partial charge is 0.162 e. The van der Waals surface area contributed by atoms with Gasteiger partial charge in [0.15, 0.2) is 11.4 Å². The van der Waals surface area contributed by atoms with Crippen LogP contribution >= 0.6 is 0 Å². The van der Waals surface area contributed by atoms with Crippen molar-refractivity contribution in [3.63, 3.8) is 0 Å². The summed E-state index contributed by atoms with van der Waals surface area (Å²) >= 11 is 0. The molecule has 61 heavy (non-hydrogen) atoms. The van der Waals surface area contributed by atoms with Gasteiger partial charge < -0.3 is 4.42 Å². The van der Waals surface area contributed by atoms with Crippen LogP contribution in [0.15, 0.2) is 229 Å². The number of rotatable bonds is 8. The van der Waals surface area contributed by atoms with Gasteiger partial charge in [0.25, 0.3) is 0 Å². The number of aromatic nitrogens is 3. The van der Waals surface area contributed by atoms with Crippen LogP contribution < -0.4 is 0 Å². The summed E-state index contributed by atoms with van der Waals surface area (Å²) in [6.45, 7) is 0. The average molecular weight is 780 g/mol. The van der Waals surface area contributed by atoms with Gasteiger partial charge in [0.1, 0.15) is 11.5 Å². The van der Waals surface area contributed by atoms with E-state index in [0.717, 1.165) is 94.8 Å². The maximum Gasteiger partial charge on any atom is 0.162 e. The summed E-state index contributed by atoms with van der Waals surface area (Å²) in [6, 6.07) is 77.8. The largest absolute Gasteiger partial charge is 0.453 e. The first-order chi connectivity index (χ1) is 30.2. The molecule has 3 heterocycles. The van der Waals surface area contributed by atoms with Crippen LogP contribution in [0.1, 0.15) is 0 Å². The molecule has 0 amide bonds. The summed E-state index contributed by atoms with van der Waals surface area (Å²) < 4.78 is 7.03. The highest BCUT2D eigenvalue weighted by Gasteiger charge is 2.24. The molecule has 4 heteroatoms. The van der Waals surface area contributed by atoms with Crippen LogP contribution in [0.5, 0.6) is 0 Å². The number of pyridine rings is 1. The van der Waals surface area contributed by atoms with E-state index in [1.807, 2.05) is 42.5 Å². The molecule has 0 aliphatic rings. The van der Waals surface area contributed by atoms with Crippen molar-refractivity contribution in [1.29, 1.82) is 0 Å². The molecule has 0 bridgehead atoms. The molecule has 286 valence electrons. The van der Waals surface area contributed by atoms with Crippen LogP contribution in [0.25, 0.3) is 112 Å². The lowest BCUT2D eigenvalue weighted by atomic mass is 9.94. The van der Waals surface area contributed by atoms with Crippen molar-refractivity contribution in [2.75, 3.05) is 0 Å². The van der Waals surface area contributed by atoms with Crippen LogP contribution in [0.4, 0.5) is 0 Å². The third-order valence-electron chi connectivity index (χ3n) is 11.3. The van der Waals surface area contributed by atoms with Gasteiger partial charge in [-0.2, -0.15) is 0 Å². The lowest BCUT2D eigenvalue weighted by Crippen LogP contribution is -1.96. The molecular formula is C57H37N3O. The Morgan fingerprint density at radius 1 is 0.311 bits per heavy atom. The van der Waals surface area contributed by atoms with E-state index in [2.05, 4.69) is 182 Å². The zero-order valence-corrected chi connectivity index (χ0v) is 33.1. The molecule has 0 aliphatic carbocycles. The van der Waals surface area contributed by atoms with E-state index in [0.29, 0.717) is 5.82 Å². The van der Waals surface area contributed by atoms with Gasteiger partial charge in [0.05, 0.1) is 16.9 Å². The lowest BCUT2D eigenvalue weighted by Gasteiger charge is -2.12. The fourth-order valence-corrected chi connectivity index (χ4v) is 8.28. The molecule has 0 unspecified atom stereocenters. The Morgan fingerprint density at radius 2 is 0.770 bits per heavy atom. The van der Waals surface area contributed by atoms with Crippen LogP contribution in [0.2, 0.25) is 0 Å². The molecule has 4 nitrogen and oxygen atoms in total. The van der Waals surface area contributed by atoms with E-state index in [4.69, 9.17) is 19.4 Å². The molecule has 3 aromatic heterocycles. The number of furan rings is 1. The van der Waals surface area contributed by atoms with E-state index >= 15 is 0 Å². The standard InChI is InChI=1S/C57H37N3O/c1-5-16-38(17-6-1)40-28-32-42(33-29-40)50-37-51(60-57(59-50)45-34-30-41(31-35-45)39-18-7-2-8-19-39)46-24-15-25-47(36-46)52-53-48-26-13-14-27-49(48)58-54(43-20-9-3-10-21-43)56(53)61-55(52)44-22-11-4-12-23-44/h1-37H. The number of benzene rings is 8. The third kappa shape index (κ3) is 6.86. The molecule has 11 rings (SSSR count). The summed E-state index contributed by atoms with van der Waals surface area (Å²) in [7, 11) is 0. The average Bonchev–Trinajstić information content (AvgIpc) is 3.76. The molecule has 11 aromatic rings. The highest BCUT2D eigenvalue weighted by Crippen LogP contribution is 2.47. The number of para-hydroxylation sites is 1. The summed E-state index contributed by atoms with van der Waals surface area (Å²) in [5, 5.41) is 2.06. The molecule has 0 aliphatic heterocycles. The molecule has 0 fully saturated rings. The molecule has 0 atom stereocenters. The number of fused-ring (bicyclic) bond motifs is 3. The lowest BCUT2D eigenvalue weighted by molar-refractivity contribution is 0.632. The molecule has 0 spiro atoms. The second kappa shape index (κ2) is 15.5. The Labute approximate surface area is 354 Å². The van der Waals surface area contributed by atoms with Gasteiger partial charge in [-0.3, -0.25) is 0 Å². The maximum atomic E-state index is 7.03. The second-order valence-corrected chi connectivity index (χ2v) is 15.1. The van der Waals surface area contributed by atoms with Crippen molar-refractivity contribution in [2.24, 2.45) is 0 Å². The summed E-state index contributed by atoms with van der Waals surface area (Å²) in [4.78, 5) is 15.7. The topological polar surface area (TPSA) is 51.8 Å². The van der Waals surface area contributed by atoms with E-state index < -0.39 is 0 Å². The van der Waals surface area contributed by atoms with Crippen LogP contribution in [0.3, 0.4) is 0 Å². The summed E-state index contributed by atoms with van der Waals surface area (Å²) in [5.74, 6) is 1.46. The SMILES string of the molecule is c1ccc(-c2ccc(-c3cc(-c4cccc(-c5c(-c6ccccc6)oc6c(-c7ccccc7)nc7ccccc7c56)c4)nc(-c4ccc(-c5ccccc5)cc4)n3)cc2)cc1. The minimum Gasteiger partial charge on any atom is -0.453 e. The monoisotopic (exact) mass is 779 g/mol. The van der Waals surface area contributed by atoms with Crippen molar-refractivity contribution < 1.29 is 4.42 Å². The predicted molar refractivity (Wildman–Crippen MR) is 251 cm³/mol. The Hall–Kier alpha value is -8.21. The maximum absolute atomic E-state index is 7.03. The van der Waals surface area contributed by atoms with Crippen molar-refractivity contribution in [2.45, 2.75) is 0 Å². The predicted octanol–water partition coefficient (Wildman–Crippen LogP) is 15.1. The Morgan fingerprint density at radius 3 is 1.39 bits per heavy atom. The molecule has 0 saturated heterocycles. The van der Waals surface area contributed by atoms with Crippen LogP contribution in [-0.4, -0.2) is 15.0 Å². The first-order valence-electron chi connectivity index (χ1n) is 20.5. The number of hydrogen-bond donors (Lipinski definition) is 0. The van der Waals surface area contributed by atoms with Crippen molar-refractivity contribution >= 4 is 21.9 Å². The highest BCUT2D eigenvalue weighted by atomic mass is 16.3. The van der Waals surface area contributed by atoms with Gasteiger partial charge >= 0.3 is 0 Å².